The van der Waals surface area contributed by atoms with Crippen LogP contribution in [0.5, 0.6) is 0 Å². The van der Waals surface area contributed by atoms with Gasteiger partial charge in [-0.05, 0) is 12.8 Å². The summed E-state index contributed by atoms with van der Waals surface area (Å²) in [5.41, 5.74) is 0. The Morgan fingerprint density at radius 3 is 2.24 bits per heavy atom. The van der Waals surface area contributed by atoms with Crippen molar-refractivity contribution < 1.29 is 14.3 Å². The van der Waals surface area contributed by atoms with E-state index >= 15 is 0 Å². The minimum absolute atomic E-state index is 0.0265. The van der Waals surface area contributed by atoms with E-state index in [-0.39, 0.29) is 24.0 Å². The summed E-state index contributed by atoms with van der Waals surface area (Å²) < 4.78 is 4.68. The average Bonchev–Trinajstić information content (AvgIpc) is 2.36. The minimum Gasteiger partial charge on any atom is -0.453 e. The van der Waals surface area contributed by atoms with Crippen molar-refractivity contribution in [2.24, 2.45) is 5.92 Å². The molecule has 98 valence electrons. The molecule has 0 spiro atoms. The van der Waals surface area contributed by atoms with Crippen LogP contribution >= 0.6 is 0 Å². The fourth-order valence-electron chi connectivity index (χ4n) is 2.15. The van der Waals surface area contributed by atoms with E-state index in [1.807, 2.05) is 25.8 Å². The number of piperidine rings is 1. The molecule has 0 unspecified atom stereocenters. The molecule has 0 aromatic rings. The second-order valence-corrected chi connectivity index (χ2v) is 4.79. The molecular weight excluding hydrogens is 220 g/mol. The van der Waals surface area contributed by atoms with Gasteiger partial charge in [0.05, 0.1) is 7.11 Å². The average molecular weight is 242 g/mol. The quantitative estimate of drug-likeness (QED) is 0.734. The third-order valence-corrected chi connectivity index (χ3v) is 3.29. The highest BCUT2D eigenvalue weighted by atomic mass is 16.5. The molecule has 0 atom stereocenters. The van der Waals surface area contributed by atoms with Gasteiger partial charge >= 0.3 is 6.09 Å². The van der Waals surface area contributed by atoms with Gasteiger partial charge in [0.25, 0.3) is 0 Å². The third-order valence-electron chi connectivity index (χ3n) is 3.29. The number of hydrogen-bond donors (Lipinski definition) is 0. The molecule has 1 heterocycles. The van der Waals surface area contributed by atoms with Crippen LogP contribution in [-0.4, -0.2) is 55.1 Å². The Labute approximate surface area is 103 Å². The smallest absolute Gasteiger partial charge is 0.409 e. The summed E-state index contributed by atoms with van der Waals surface area (Å²) in [6, 6.07) is 0.241. The Morgan fingerprint density at radius 1 is 1.29 bits per heavy atom. The van der Waals surface area contributed by atoms with E-state index in [1.165, 1.54) is 7.11 Å². The first-order valence-electron chi connectivity index (χ1n) is 6.07. The number of nitrogens with zero attached hydrogens (tertiary/aromatic N) is 2. The largest absolute Gasteiger partial charge is 0.453 e. The molecule has 1 aliphatic heterocycles. The summed E-state index contributed by atoms with van der Waals surface area (Å²) in [7, 11) is 3.24. The van der Waals surface area contributed by atoms with Crippen molar-refractivity contribution >= 4 is 12.0 Å². The number of likely N-dealkylation sites (tertiary alicyclic amines) is 1. The highest BCUT2D eigenvalue weighted by molar-refractivity contribution is 5.78. The molecule has 0 aromatic carbocycles. The molecule has 5 nitrogen and oxygen atoms in total. The molecule has 1 fully saturated rings. The number of carbonyl (C=O) groups is 2. The Bertz CT molecular complexity index is 283. The van der Waals surface area contributed by atoms with E-state index in [2.05, 4.69) is 4.74 Å². The lowest BCUT2D eigenvalue weighted by molar-refractivity contribution is -0.136. The summed E-state index contributed by atoms with van der Waals surface area (Å²) in [5, 5.41) is 0. The first-order valence-corrected chi connectivity index (χ1v) is 6.07. The zero-order valence-electron chi connectivity index (χ0n) is 11.1. The number of amides is 2. The van der Waals surface area contributed by atoms with Crippen LogP contribution in [0.25, 0.3) is 0 Å². The Kier molecular flexibility index (Phi) is 4.78. The van der Waals surface area contributed by atoms with Gasteiger partial charge in [-0.1, -0.05) is 13.8 Å². The predicted molar refractivity (Wildman–Crippen MR) is 64.6 cm³/mol. The van der Waals surface area contributed by atoms with E-state index in [4.69, 9.17) is 0 Å². The van der Waals surface area contributed by atoms with Crippen molar-refractivity contribution in [1.82, 2.24) is 9.80 Å². The van der Waals surface area contributed by atoms with Crippen LogP contribution in [0.4, 0.5) is 4.79 Å². The van der Waals surface area contributed by atoms with Crippen LogP contribution in [0.3, 0.4) is 0 Å². The summed E-state index contributed by atoms with van der Waals surface area (Å²) >= 11 is 0. The first kappa shape index (κ1) is 13.8. The van der Waals surface area contributed by atoms with Crippen molar-refractivity contribution in [2.45, 2.75) is 32.7 Å². The Hall–Kier alpha value is -1.26. The van der Waals surface area contributed by atoms with Crippen molar-refractivity contribution in [3.05, 3.63) is 0 Å². The summed E-state index contributed by atoms with van der Waals surface area (Å²) in [6.07, 6.45) is 1.37. The topological polar surface area (TPSA) is 49.9 Å². The van der Waals surface area contributed by atoms with E-state index in [1.54, 1.807) is 4.90 Å². The van der Waals surface area contributed by atoms with Gasteiger partial charge in [-0.25, -0.2) is 4.79 Å². The SMILES string of the molecule is COC(=O)N1CCC(N(C)C(=O)C(C)C)CC1. The van der Waals surface area contributed by atoms with Gasteiger partial charge in [0.2, 0.25) is 5.91 Å². The van der Waals surface area contributed by atoms with Crippen LogP contribution in [0.15, 0.2) is 0 Å². The van der Waals surface area contributed by atoms with E-state index < -0.39 is 0 Å². The highest BCUT2D eigenvalue weighted by Crippen LogP contribution is 2.17. The van der Waals surface area contributed by atoms with E-state index in [0.717, 1.165) is 12.8 Å². The van der Waals surface area contributed by atoms with Gasteiger partial charge in [0.1, 0.15) is 0 Å². The van der Waals surface area contributed by atoms with Gasteiger partial charge < -0.3 is 14.5 Å². The van der Waals surface area contributed by atoms with Crippen molar-refractivity contribution in [3.63, 3.8) is 0 Å². The summed E-state index contributed by atoms with van der Waals surface area (Å²) in [5.74, 6) is 0.195. The maximum atomic E-state index is 11.8. The standard InChI is InChI=1S/C12H22N2O3/c1-9(2)11(15)13(3)10-5-7-14(8-6-10)12(16)17-4/h9-10H,5-8H2,1-4H3. The van der Waals surface area contributed by atoms with Crippen LogP contribution in [0, 0.1) is 5.92 Å². The second kappa shape index (κ2) is 5.89. The fourth-order valence-corrected chi connectivity index (χ4v) is 2.15. The monoisotopic (exact) mass is 242 g/mol. The molecule has 5 heteroatoms. The molecule has 1 rings (SSSR count). The number of methoxy groups -OCH3 is 1. The molecule has 0 radical (unpaired) electrons. The molecule has 0 aliphatic carbocycles. The summed E-state index contributed by atoms with van der Waals surface area (Å²) in [4.78, 5) is 26.6. The van der Waals surface area contributed by atoms with Crippen LogP contribution in [0.1, 0.15) is 26.7 Å². The lowest BCUT2D eigenvalue weighted by Gasteiger charge is -2.36. The van der Waals surface area contributed by atoms with Gasteiger partial charge in [-0.2, -0.15) is 0 Å². The molecule has 1 saturated heterocycles. The molecule has 0 bridgehead atoms. The zero-order valence-corrected chi connectivity index (χ0v) is 11.1. The number of ether oxygens (including phenoxy) is 1. The second-order valence-electron chi connectivity index (χ2n) is 4.79. The highest BCUT2D eigenvalue weighted by Gasteiger charge is 2.28. The number of rotatable bonds is 2. The lowest BCUT2D eigenvalue weighted by atomic mass is 10.0. The molecule has 0 saturated carbocycles. The van der Waals surface area contributed by atoms with Crippen LogP contribution in [0.2, 0.25) is 0 Å². The zero-order chi connectivity index (χ0) is 13.0. The normalized spacial score (nSPS) is 17.1. The van der Waals surface area contributed by atoms with Crippen LogP contribution < -0.4 is 0 Å². The van der Waals surface area contributed by atoms with Gasteiger partial charge in [-0.3, -0.25) is 4.79 Å². The van der Waals surface area contributed by atoms with Gasteiger partial charge in [0.15, 0.2) is 0 Å². The maximum Gasteiger partial charge on any atom is 0.409 e. The molecular formula is C12H22N2O3. The van der Waals surface area contributed by atoms with Crippen LogP contribution in [-0.2, 0) is 9.53 Å². The number of carbonyl (C=O) groups excluding carboxylic acids is 2. The Morgan fingerprint density at radius 2 is 1.82 bits per heavy atom. The number of hydrogen-bond acceptors (Lipinski definition) is 3. The lowest BCUT2D eigenvalue weighted by Crippen LogP contribution is -2.48. The molecule has 0 N–H and O–H groups in total. The maximum absolute atomic E-state index is 11.8. The van der Waals surface area contributed by atoms with Crippen molar-refractivity contribution in [3.8, 4) is 0 Å². The van der Waals surface area contributed by atoms with E-state index in [0.29, 0.717) is 13.1 Å². The molecule has 0 aromatic heterocycles. The predicted octanol–water partition coefficient (Wildman–Crippen LogP) is 1.33. The van der Waals surface area contributed by atoms with Gasteiger partial charge in [0, 0.05) is 32.1 Å². The third kappa shape index (κ3) is 3.35. The first-order chi connectivity index (χ1) is 7.97. The Balaban J connectivity index is 2.46. The van der Waals surface area contributed by atoms with Crippen molar-refractivity contribution in [1.29, 1.82) is 0 Å². The van der Waals surface area contributed by atoms with Gasteiger partial charge in [-0.15, -0.1) is 0 Å². The van der Waals surface area contributed by atoms with Crippen molar-refractivity contribution in [2.75, 3.05) is 27.2 Å². The van der Waals surface area contributed by atoms with E-state index in [9.17, 15) is 9.59 Å². The summed E-state index contributed by atoms with van der Waals surface area (Å²) in [6.45, 7) is 5.13. The molecule has 1 aliphatic rings. The molecule has 2 amide bonds. The molecule has 17 heavy (non-hydrogen) atoms. The minimum atomic E-state index is -0.277. The fraction of sp³-hybridized carbons (Fsp3) is 0.833.